The van der Waals surface area contributed by atoms with Crippen molar-refractivity contribution in [3.63, 3.8) is 0 Å². The van der Waals surface area contributed by atoms with Crippen molar-refractivity contribution in [2.45, 2.75) is 50.2 Å². The Balaban J connectivity index is 2.06. The summed E-state index contributed by atoms with van der Waals surface area (Å²) in [4.78, 5) is 3.58. The van der Waals surface area contributed by atoms with Crippen LogP contribution in [0.3, 0.4) is 0 Å². The Morgan fingerprint density at radius 3 is 2.71 bits per heavy atom. The molecule has 0 aliphatic heterocycles. The number of nitrogens with zero attached hydrogens (tertiary/aromatic N) is 1. The van der Waals surface area contributed by atoms with Crippen molar-refractivity contribution < 1.29 is 8.42 Å². The van der Waals surface area contributed by atoms with E-state index in [2.05, 4.69) is 28.9 Å². The van der Waals surface area contributed by atoms with Crippen LogP contribution in [0.15, 0.2) is 10.3 Å². The average Bonchev–Trinajstić information content (AvgIpc) is 3.20. The SMILES string of the molecule is CNCc1scc(C)c1S(=O)(=O)NCC(C)N(C)C1CC1. The highest BCUT2D eigenvalue weighted by atomic mass is 32.2. The van der Waals surface area contributed by atoms with Crippen LogP contribution in [0.25, 0.3) is 0 Å². The minimum atomic E-state index is -3.44. The van der Waals surface area contributed by atoms with Crippen molar-refractivity contribution in [3.05, 3.63) is 15.8 Å². The van der Waals surface area contributed by atoms with Crippen LogP contribution < -0.4 is 10.0 Å². The second-order valence-electron chi connectivity index (χ2n) is 5.80. The van der Waals surface area contributed by atoms with Crippen LogP contribution >= 0.6 is 11.3 Å². The van der Waals surface area contributed by atoms with Gasteiger partial charge in [0.25, 0.3) is 0 Å². The summed E-state index contributed by atoms with van der Waals surface area (Å²) in [5.74, 6) is 0. The predicted octanol–water partition coefficient (Wildman–Crippen LogP) is 1.54. The normalized spacial score (nSPS) is 17.4. The van der Waals surface area contributed by atoms with Gasteiger partial charge >= 0.3 is 0 Å². The lowest BCUT2D eigenvalue weighted by Crippen LogP contribution is -2.41. The fourth-order valence-corrected chi connectivity index (χ4v) is 5.36. The van der Waals surface area contributed by atoms with Gasteiger partial charge in [0, 0.05) is 30.1 Å². The fraction of sp³-hybridized carbons (Fsp3) is 0.714. The van der Waals surface area contributed by atoms with Crippen LogP contribution in [0.2, 0.25) is 0 Å². The van der Waals surface area contributed by atoms with Crippen LogP contribution in [0.1, 0.15) is 30.2 Å². The molecule has 0 spiro atoms. The zero-order chi connectivity index (χ0) is 15.6. The lowest BCUT2D eigenvalue weighted by molar-refractivity contribution is 0.248. The molecule has 1 atom stereocenters. The van der Waals surface area contributed by atoms with Gasteiger partial charge in [0.15, 0.2) is 0 Å². The van der Waals surface area contributed by atoms with Gasteiger partial charge in [-0.05, 0) is 51.7 Å². The molecule has 2 N–H and O–H groups in total. The Bertz CT molecular complexity index is 579. The third kappa shape index (κ3) is 4.04. The molecule has 1 heterocycles. The van der Waals surface area contributed by atoms with Crippen molar-refractivity contribution in [3.8, 4) is 0 Å². The van der Waals surface area contributed by atoms with Gasteiger partial charge in [0.2, 0.25) is 10.0 Å². The smallest absolute Gasteiger partial charge is 0.242 e. The van der Waals surface area contributed by atoms with E-state index in [0.29, 0.717) is 24.0 Å². The molecule has 120 valence electrons. The topological polar surface area (TPSA) is 61.4 Å². The second kappa shape index (κ2) is 6.75. The Kier molecular flexibility index (Phi) is 5.43. The summed E-state index contributed by atoms with van der Waals surface area (Å²) in [6.45, 7) is 4.94. The standard InChI is InChI=1S/C14H25N3O2S2/c1-10-9-20-13(8-15-3)14(10)21(18,19)16-7-11(2)17(4)12-5-6-12/h9,11-12,15-16H,5-8H2,1-4H3. The Hall–Kier alpha value is -0.470. The van der Waals surface area contributed by atoms with Gasteiger partial charge in [0.1, 0.15) is 4.90 Å². The minimum absolute atomic E-state index is 0.207. The molecule has 1 aliphatic rings. The summed E-state index contributed by atoms with van der Waals surface area (Å²) < 4.78 is 27.9. The number of nitrogens with one attached hydrogen (secondary N) is 2. The zero-order valence-electron chi connectivity index (χ0n) is 13.1. The Morgan fingerprint density at radius 2 is 2.14 bits per heavy atom. The van der Waals surface area contributed by atoms with Crippen LogP contribution in [0, 0.1) is 6.92 Å². The van der Waals surface area contributed by atoms with Gasteiger partial charge in [-0.25, -0.2) is 13.1 Å². The maximum atomic E-state index is 12.6. The van der Waals surface area contributed by atoms with Crippen LogP contribution in [-0.4, -0.2) is 46.0 Å². The van der Waals surface area contributed by atoms with Crippen molar-refractivity contribution >= 4 is 21.4 Å². The first kappa shape index (κ1) is 16.9. The lowest BCUT2D eigenvalue weighted by atomic mass is 10.3. The van der Waals surface area contributed by atoms with Gasteiger partial charge in [-0.2, -0.15) is 0 Å². The van der Waals surface area contributed by atoms with Crippen molar-refractivity contribution in [1.82, 2.24) is 14.9 Å². The molecule has 2 rings (SSSR count). The molecule has 7 heteroatoms. The Labute approximate surface area is 131 Å². The molecule has 1 aromatic rings. The van der Waals surface area contributed by atoms with Gasteiger partial charge in [0.05, 0.1) is 0 Å². The van der Waals surface area contributed by atoms with E-state index in [-0.39, 0.29) is 6.04 Å². The van der Waals surface area contributed by atoms with Crippen molar-refractivity contribution in [2.24, 2.45) is 0 Å². The van der Waals surface area contributed by atoms with Crippen LogP contribution in [0.5, 0.6) is 0 Å². The van der Waals surface area contributed by atoms with E-state index in [9.17, 15) is 8.42 Å². The number of rotatable bonds is 8. The summed E-state index contributed by atoms with van der Waals surface area (Å²) >= 11 is 1.49. The minimum Gasteiger partial charge on any atom is -0.315 e. The molecule has 0 bridgehead atoms. The number of sulfonamides is 1. The predicted molar refractivity (Wildman–Crippen MR) is 87.3 cm³/mol. The van der Waals surface area contributed by atoms with Gasteiger partial charge in [-0.3, -0.25) is 4.90 Å². The molecule has 5 nitrogen and oxygen atoms in total. The Morgan fingerprint density at radius 1 is 1.48 bits per heavy atom. The first-order valence-electron chi connectivity index (χ1n) is 7.30. The summed E-state index contributed by atoms with van der Waals surface area (Å²) in [6, 6.07) is 0.839. The van der Waals surface area contributed by atoms with E-state index < -0.39 is 10.0 Å². The van der Waals surface area contributed by atoms with Crippen molar-refractivity contribution in [1.29, 1.82) is 0 Å². The van der Waals surface area contributed by atoms with Crippen molar-refractivity contribution in [2.75, 3.05) is 20.6 Å². The largest absolute Gasteiger partial charge is 0.315 e. The quantitative estimate of drug-likeness (QED) is 0.758. The fourth-order valence-electron chi connectivity index (χ4n) is 2.42. The highest BCUT2D eigenvalue weighted by molar-refractivity contribution is 7.89. The first-order valence-corrected chi connectivity index (χ1v) is 9.66. The summed E-state index contributed by atoms with van der Waals surface area (Å²) in [5.41, 5.74) is 0.820. The maximum Gasteiger partial charge on any atom is 0.242 e. The number of aryl methyl sites for hydroxylation is 1. The highest BCUT2D eigenvalue weighted by Crippen LogP contribution is 2.28. The van der Waals surface area contributed by atoms with E-state index in [4.69, 9.17) is 0 Å². The van der Waals surface area contributed by atoms with E-state index in [1.54, 1.807) is 0 Å². The number of hydrogen-bond donors (Lipinski definition) is 2. The molecule has 1 saturated carbocycles. The van der Waals surface area contributed by atoms with Crippen LogP contribution in [-0.2, 0) is 16.6 Å². The first-order chi connectivity index (χ1) is 9.86. The highest BCUT2D eigenvalue weighted by Gasteiger charge is 2.30. The summed E-state index contributed by atoms with van der Waals surface area (Å²) in [7, 11) is 0.453. The molecule has 0 amide bonds. The third-order valence-electron chi connectivity index (χ3n) is 3.98. The number of likely N-dealkylation sites (N-methyl/N-ethyl adjacent to an activating group) is 1. The van der Waals surface area contributed by atoms with Gasteiger partial charge in [-0.15, -0.1) is 11.3 Å². The van der Waals surface area contributed by atoms with Gasteiger partial charge in [-0.1, -0.05) is 0 Å². The van der Waals surface area contributed by atoms with E-state index in [1.165, 1.54) is 24.2 Å². The van der Waals surface area contributed by atoms with Crippen LogP contribution in [0.4, 0.5) is 0 Å². The lowest BCUT2D eigenvalue weighted by Gasteiger charge is -2.24. The average molecular weight is 332 g/mol. The molecular weight excluding hydrogens is 306 g/mol. The molecule has 1 fully saturated rings. The zero-order valence-corrected chi connectivity index (χ0v) is 14.8. The van der Waals surface area contributed by atoms with E-state index in [0.717, 1.165) is 10.4 Å². The molecule has 1 aliphatic carbocycles. The molecule has 21 heavy (non-hydrogen) atoms. The molecular formula is C14H25N3O2S2. The third-order valence-corrected chi connectivity index (χ3v) is 6.87. The molecule has 1 aromatic heterocycles. The molecule has 1 unspecified atom stereocenters. The van der Waals surface area contributed by atoms with E-state index >= 15 is 0 Å². The summed E-state index contributed by atoms with van der Waals surface area (Å²) in [5, 5.41) is 4.93. The maximum absolute atomic E-state index is 12.6. The second-order valence-corrected chi connectivity index (χ2v) is 8.47. The molecule has 0 saturated heterocycles. The molecule has 0 radical (unpaired) electrons. The number of hydrogen-bond acceptors (Lipinski definition) is 5. The number of thiophene rings is 1. The van der Waals surface area contributed by atoms with E-state index in [1.807, 2.05) is 19.4 Å². The summed E-state index contributed by atoms with van der Waals surface area (Å²) in [6.07, 6.45) is 2.45. The van der Waals surface area contributed by atoms with Gasteiger partial charge < -0.3 is 5.32 Å². The molecule has 0 aromatic carbocycles. The monoisotopic (exact) mass is 331 g/mol.